The Morgan fingerprint density at radius 3 is 2.60 bits per heavy atom. The average molecular weight is 278 g/mol. The van der Waals surface area contributed by atoms with Crippen LogP contribution in [0, 0.1) is 18.7 Å². The van der Waals surface area contributed by atoms with Gasteiger partial charge in [-0.3, -0.25) is 4.90 Å². The number of hydrogen-bond donors (Lipinski definition) is 1. The smallest absolute Gasteiger partial charge is 0.123 e. The summed E-state index contributed by atoms with van der Waals surface area (Å²) in [6, 6.07) is 5.71. The van der Waals surface area contributed by atoms with E-state index in [2.05, 4.69) is 24.1 Å². The summed E-state index contributed by atoms with van der Waals surface area (Å²) in [6.07, 6.45) is 2.53. The molecule has 1 aromatic rings. The molecule has 0 spiro atoms. The van der Waals surface area contributed by atoms with Crippen LogP contribution >= 0.6 is 0 Å². The van der Waals surface area contributed by atoms with Gasteiger partial charge in [0.05, 0.1) is 0 Å². The van der Waals surface area contributed by atoms with Gasteiger partial charge in [-0.2, -0.15) is 0 Å². The molecule has 1 aliphatic heterocycles. The number of likely N-dealkylation sites (tertiary alicyclic amines) is 1. The van der Waals surface area contributed by atoms with Crippen LogP contribution in [0.5, 0.6) is 0 Å². The van der Waals surface area contributed by atoms with Gasteiger partial charge < -0.3 is 5.32 Å². The summed E-state index contributed by atoms with van der Waals surface area (Å²) in [4.78, 5) is 2.49. The van der Waals surface area contributed by atoms with E-state index in [0.29, 0.717) is 6.04 Å². The van der Waals surface area contributed by atoms with Gasteiger partial charge >= 0.3 is 0 Å². The van der Waals surface area contributed by atoms with Crippen LogP contribution in [-0.4, -0.2) is 30.6 Å². The highest BCUT2D eigenvalue weighted by Gasteiger charge is 2.19. The number of nitrogens with zero attached hydrogens (tertiary/aromatic N) is 1. The number of benzene rings is 1. The molecule has 1 heterocycles. The number of piperidine rings is 1. The first kappa shape index (κ1) is 15.5. The first-order chi connectivity index (χ1) is 9.54. The molecule has 0 radical (unpaired) electrons. The molecule has 1 aromatic carbocycles. The van der Waals surface area contributed by atoms with Gasteiger partial charge in [-0.25, -0.2) is 4.39 Å². The van der Waals surface area contributed by atoms with Gasteiger partial charge in [0.2, 0.25) is 0 Å². The fourth-order valence-electron chi connectivity index (χ4n) is 2.83. The van der Waals surface area contributed by atoms with Crippen molar-refractivity contribution in [2.75, 3.05) is 19.6 Å². The van der Waals surface area contributed by atoms with Crippen LogP contribution in [0.2, 0.25) is 0 Å². The van der Waals surface area contributed by atoms with Crippen molar-refractivity contribution in [2.24, 2.45) is 5.92 Å². The van der Waals surface area contributed by atoms with Gasteiger partial charge in [-0.05, 0) is 68.6 Å². The number of hydrogen-bond acceptors (Lipinski definition) is 2. The summed E-state index contributed by atoms with van der Waals surface area (Å²) in [5, 5.41) is 3.53. The van der Waals surface area contributed by atoms with Crippen molar-refractivity contribution >= 4 is 0 Å². The first-order valence-electron chi connectivity index (χ1n) is 7.75. The zero-order valence-electron chi connectivity index (χ0n) is 13.0. The molecular formula is C17H27FN2. The van der Waals surface area contributed by atoms with Crippen molar-refractivity contribution < 1.29 is 4.39 Å². The molecule has 3 heteroatoms. The van der Waals surface area contributed by atoms with Crippen LogP contribution in [0.4, 0.5) is 4.39 Å². The highest BCUT2D eigenvalue weighted by Crippen LogP contribution is 2.20. The van der Waals surface area contributed by atoms with Crippen LogP contribution in [0.15, 0.2) is 18.2 Å². The minimum Gasteiger partial charge on any atom is -0.314 e. The zero-order chi connectivity index (χ0) is 14.5. The molecule has 1 saturated heterocycles. The maximum Gasteiger partial charge on any atom is 0.123 e. The predicted molar refractivity (Wildman–Crippen MR) is 82.3 cm³/mol. The van der Waals surface area contributed by atoms with E-state index in [0.717, 1.165) is 37.7 Å². The third kappa shape index (κ3) is 4.57. The van der Waals surface area contributed by atoms with Gasteiger partial charge in [0, 0.05) is 12.6 Å². The molecular weight excluding hydrogens is 251 g/mol. The third-order valence-corrected chi connectivity index (χ3v) is 4.22. The Morgan fingerprint density at radius 1 is 1.30 bits per heavy atom. The Balaban J connectivity index is 1.79. The van der Waals surface area contributed by atoms with Gasteiger partial charge in [-0.1, -0.05) is 19.9 Å². The fourth-order valence-corrected chi connectivity index (χ4v) is 2.83. The highest BCUT2D eigenvalue weighted by atomic mass is 19.1. The Morgan fingerprint density at radius 2 is 2.00 bits per heavy atom. The van der Waals surface area contributed by atoms with Crippen LogP contribution < -0.4 is 5.32 Å². The van der Waals surface area contributed by atoms with Crippen LogP contribution in [-0.2, 0) is 6.54 Å². The molecule has 1 N–H and O–H groups in total. The summed E-state index contributed by atoms with van der Waals surface area (Å²) in [7, 11) is 0. The molecule has 20 heavy (non-hydrogen) atoms. The monoisotopic (exact) mass is 278 g/mol. The van der Waals surface area contributed by atoms with E-state index < -0.39 is 0 Å². The topological polar surface area (TPSA) is 15.3 Å². The summed E-state index contributed by atoms with van der Waals surface area (Å²) in [5.41, 5.74) is 2.32. The van der Waals surface area contributed by atoms with E-state index in [4.69, 9.17) is 0 Å². The summed E-state index contributed by atoms with van der Waals surface area (Å²) >= 11 is 0. The highest BCUT2D eigenvalue weighted by molar-refractivity contribution is 5.26. The Bertz CT molecular complexity index is 423. The quantitative estimate of drug-likeness (QED) is 0.888. The zero-order valence-corrected chi connectivity index (χ0v) is 13.0. The van der Waals surface area contributed by atoms with E-state index in [1.165, 1.54) is 18.4 Å². The number of halogens is 1. The molecule has 112 valence electrons. The lowest BCUT2D eigenvalue weighted by Crippen LogP contribution is -2.38. The summed E-state index contributed by atoms with van der Waals surface area (Å²) in [5.74, 6) is 0.674. The second-order valence-electron chi connectivity index (χ2n) is 6.35. The largest absolute Gasteiger partial charge is 0.314 e. The lowest BCUT2D eigenvalue weighted by Gasteiger charge is -2.32. The minimum absolute atomic E-state index is 0.135. The molecule has 0 atom stereocenters. The molecule has 2 rings (SSSR count). The van der Waals surface area contributed by atoms with Crippen molar-refractivity contribution in [3.63, 3.8) is 0 Å². The Labute approximate surface area is 122 Å². The average Bonchev–Trinajstić information content (AvgIpc) is 2.41. The van der Waals surface area contributed by atoms with Crippen LogP contribution in [0.25, 0.3) is 0 Å². The van der Waals surface area contributed by atoms with E-state index in [-0.39, 0.29) is 5.82 Å². The van der Waals surface area contributed by atoms with Gasteiger partial charge in [0.25, 0.3) is 0 Å². The molecule has 0 aromatic heterocycles. The molecule has 0 bridgehead atoms. The van der Waals surface area contributed by atoms with Crippen LogP contribution in [0.3, 0.4) is 0 Å². The molecule has 0 amide bonds. The standard InChI is InChI=1S/C17H27FN2/c1-13(2)19-11-15-6-8-20(9-7-15)12-16-4-5-17(18)10-14(16)3/h4-5,10,13,15,19H,6-9,11-12H2,1-3H3. The van der Waals surface area contributed by atoms with E-state index >= 15 is 0 Å². The van der Waals surface area contributed by atoms with Crippen molar-refractivity contribution in [2.45, 2.75) is 46.2 Å². The van der Waals surface area contributed by atoms with Crippen molar-refractivity contribution in [1.29, 1.82) is 0 Å². The molecule has 1 fully saturated rings. The second kappa shape index (κ2) is 7.19. The van der Waals surface area contributed by atoms with Gasteiger partial charge in [0.15, 0.2) is 0 Å². The maximum absolute atomic E-state index is 13.1. The molecule has 0 unspecified atom stereocenters. The van der Waals surface area contributed by atoms with Crippen LogP contribution in [0.1, 0.15) is 37.8 Å². The second-order valence-corrected chi connectivity index (χ2v) is 6.35. The summed E-state index contributed by atoms with van der Waals surface area (Å²) in [6.45, 7) is 10.8. The molecule has 1 aliphatic rings. The van der Waals surface area contributed by atoms with Crippen molar-refractivity contribution in [3.05, 3.63) is 35.1 Å². The van der Waals surface area contributed by atoms with E-state index in [9.17, 15) is 4.39 Å². The van der Waals surface area contributed by atoms with Crippen molar-refractivity contribution in [1.82, 2.24) is 10.2 Å². The van der Waals surface area contributed by atoms with Gasteiger partial charge in [0.1, 0.15) is 5.82 Å². The number of rotatable bonds is 5. The Hall–Kier alpha value is -0.930. The van der Waals surface area contributed by atoms with Gasteiger partial charge in [-0.15, -0.1) is 0 Å². The number of nitrogens with one attached hydrogen (secondary N) is 1. The lowest BCUT2D eigenvalue weighted by molar-refractivity contribution is 0.174. The third-order valence-electron chi connectivity index (χ3n) is 4.22. The maximum atomic E-state index is 13.1. The minimum atomic E-state index is -0.135. The first-order valence-corrected chi connectivity index (χ1v) is 7.75. The molecule has 0 saturated carbocycles. The normalized spacial score (nSPS) is 17.9. The van der Waals surface area contributed by atoms with Crippen molar-refractivity contribution in [3.8, 4) is 0 Å². The van der Waals surface area contributed by atoms with E-state index in [1.807, 2.05) is 13.0 Å². The van der Waals surface area contributed by atoms with E-state index in [1.54, 1.807) is 12.1 Å². The predicted octanol–water partition coefficient (Wildman–Crippen LogP) is 3.34. The molecule has 0 aliphatic carbocycles. The Kier molecular flexibility index (Phi) is 5.55. The number of aryl methyl sites for hydroxylation is 1. The lowest BCUT2D eigenvalue weighted by atomic mass is 9.96. The molecule has 2 nitrogen and oxygen atoms in total. The summed E-state index contributed by atoms with van der Waals surface area (Å²) < 4.78 is 13.1. The SMILES string of the molecule is Cc1cc(F)ccc1CN1CCC(CNC(C)C)CC1. The fraction of sp³-hybridized carbons (Fsp3) is 0.647.